The van der Waals surface area contributed by atoms with Crippen molar-refractivity contribution < 1.29 is 4.74 Å². The highest BCUT2D eigenvalue weighted by molar-refractivity contribution is 7.00. The largest absolute Gasteiger partial charge is 0.458 e. The highest BCUT2D eigenvalue weighted by Crippen LogP contribution is 2.47. The lowest BCUT2D eigenvalue weighted by Crippen LogP contribution is -2.59. The van der Waals surface area contributed by atoms with Gasteiger partial charge < -0.3 is 14.5 Å². The molecule has 2 aliphatic heterocycles. The second-order valence-electron chi connectivity index (χ2n) is 13.7. The van der Waals surface area contributed by atoms with Crippen LogP contribution in [0.2, 0.25) is 0 Å². The molecule has 10 rings (SSSR count). The lowest BCUT2D eigenvalue weighted by atomic mass is 9.33. The van der Waals surface area contributed by atoms with E-state index in [0.29, 0.717) is 5.92 Å². The number of ether oxygens (including phenoxy) is 1. The van der Waals surface area contributed by atoms with Crippen molar-refractivity contribution in [3.05, 3.63) is 187 Å². The average Bonchev–Trinajstić information content (AvgIpc) is 3.19. The topological polar surface area (TPSA) is 15.7 Å². The Kier molecular flexibility index (Phi) is 6.95. The number of aryl methyl sites for hydroxylation is 1. The molecule has 0 aromatic heterocycles. The summed E-state index contributed by atoms with van der Waals surface area (Å²) < 4.78 is 6.95. The van der Waals surface area contributed by atoms with Crippen LogP contribution in [0.4, 0.5) is 34.1 Å². The Morgan fingerprint density at radius 3 is 2.00 bits per heavy atom. The summed E-state index contributed by atoms with van der Waals surface area (Å²) in [5.41, 5.74) is 13.0. The minimum atomic E-state index is -0.00833. The first-order chi connectivity index (χ1) is 25.2. The van der Waals surface area contributed by atoms with Crippen LogP contribution in [0.5, 0.6) is 11.5 Å². The monoisotopic (exact) mass is 654 g/mol. The molecular weight excluding hydrogens is 619 g/mol. The Hall–Kier alpha value is -6.26. The molecule has 2 heterocycles. The minimum Gasteiger partial charge on any atom is -0.458 e. The van der Waals surface area contributed by atoms with Crippen molar-refractivity contribution in [1.82, 2.24) is 0 Å². The number of benzene rings is 7. The van der Waals surface area contributed by atoms with Gasteiger partial charge in [0.15, 0.2) is 0 Å². The number of allylic oxidation sites excluding steroid dienone is 4. The van der Waals surface area contributed by atoms with Gasteiger partial charge in [0.2, 0.25) is 0 Å². The zero-order valence-electron chi connectivity index (χ0n) is 28.4. The molecule has 1 aliphatic carbocycles. The molecule has 0 N–H and O–H groups in total. The van der Waals surface area contributed by atoms with Gasteiger partial charge in [-0.1, -0.05) is 115 Å². The number of nitrogens with zero attached hydrogens (tertiary/aromatic N) is 2. The van der Waals surface area contributed by atoms with Crippen LogP contribution in [-0.2, 0) is 0 Å². The van der Waals surface area contributed by atoms with E-state index in [0.717, 1.165) is 46.4 Å². The van der Waals surface area contributed by atoms with E-state index >= 15 is 0 Å². The molecule has 3 aliphatic rings. The normalized spacial score (nSPS) is 15.2. The number of anilines is 6. The summed E-state index contributed by atoms with van der Waals surface area (Å²) in [6.07, 6.45) is 9.85. The summed E-state index contributed by atoms with van der Waals surface area (Å²) in [4.78, 5) is 4.86. The molecular formula is C47H35BN2O. The first-order valence-corrected chi connectivity index (χ1v) is 17.8. The van der Waals surface area contributed by atoms with Crippen molar-refractivity contribution in [2.75, 3.05) is 9.80 Å². The molecule has 4 heteroatoms. The molecule has 0 spiro atoms. The highest BCUT2D eigenvalue weighted by Gasteiger charge is 2.43. The van der Waals surface area contributed by atoms with Crippen molar-refractivity contribution in [2.45, 2.75) is 19.3 Å². The van der Waals surface area contributed by atoms with Crippen LogP contribution in [-0.4, -0.2) is 6.71 Å². The molecule has 0 saturated carbocycles. The zero-order valence-corrected chi connectivity index (χ0v) is 28.4. The Bertz CT molecular complexity index is 2470. The molecule has 0 amide bonds. The highest BCUT2D eigenvalue weighted by atomic mass is 16.5. The molecule has 0 saturated heterocycles. The standard InChI is InChI=1S/C47H35BN2O/c1-32-28-42-47-45(29-32)51-44-30-34(33-16-6-2-7-17-33)26-27-40(44)48(47)46-39-25-15-14-24-38(39)41(31-43(46)50(42)37-22-12-5-13-23-37)49(35-18-8-3-9-19-35)36-20-10-4-11-21-36/h2-16,18-31,33H,17H2,1H3. The molecule has 3 nitrogen and oxygen atoms in total. The van der Waals surface area contributed by atoms with Gasteiger partial charge in [-0.3, -0.25) is 0 Å². The number of fused-ring (bicyclic) bond motifs is 6. The van der Waals surface area contributed by atoms with Gasteiger partial charge in [-0.05, 0) is 107 Å². The molecule has 1 unspecified atom stereocenters. The predicted octanol–water partition coefficient (Wildman–Crippen LogP) is 10.6. The maximum atomic E-state index is 6.95. The molecule has 0 radical (unpaired) electrons. The quantitative estimate of drug-likeness (QED) is 0.172. The van der Waals surface area contributed by atoms with Crippen LogP contribution in [0.15, 0.2) is 176 Å². The smallest absolute Gasteiger partial charge is 0.257 e. The first-order valence-electron chi connectivity index (χ1n) is 17.8. The van der Waals surface area contributed by atoms with E-state index < -0.39 is 0 Å². The second kappa shape index (κ2) is 12.0. The molecule has 51 heavy (non-hydrogen) atoms. The van der Waals surface area contributed by atoms with Crippen LogP contribution in [0, 0.1) is 6.92 Å². The summed E-state index contributed by atoms with van der Waals surface area (Å²) in [5.74, 6) is 2.23. The summed E-state index contributed by atoms with van der Waals surface area (Å²) >= 11 is 0. The van der Waals surface area contributed by atoms with Gasteiger partial charge in [0, 0.05) is 39.7 Å². The van der Waals surface area contributed by atoms with E-state index in [4.69, 9.17) is 4.74 Å². The SMILES string of the molecule is Cc1cc2c3c(c1)N(c1ccccc1)c1cc(N(c4ccccc4)c4ccccc4)c4ccccc4c1B3c1ccc(C3C=CC=CC3)cc1O2. The number of para-hydroxylation sites is 3. The van der Waals surface area contributed by atoms with Crippen LogP contribution in [0.3, 0.4) is 0 Å². The van der Waals surface area contributed by atoms with Gasteiger partial charge in [0.25, 0.3) is 6.71 Å². The third-order valence-corrected chi connectivity index (χ3v) is 10.6. The second-order valence-corrected chi connectivity index (χ2v) is 13.7. The van der Waals surface area contributed by atoms with E-state index in [2.05, 4.69) is 193 Å². The fourth-order valence-corrected chi connectivity index (χ4v) is 8.42. The van der Waals surface area contributed by atoms with Crippen molar-refractivity contribution in [3.63, 3.8) is 0 Å². The fraction of sp³-hybridized carbons (Fsp3) is 0.0638. The number of hydrogen-bond donors (Lipinski definition) is 0. The van der Waals surface area contributed by atoms with Gasteiger partial charge in [0.05, 0.1) is 5.69 Å². The third kappa shape index (κ3) is 4.82. The summed E-state index contributed by atoms with van der Waals surface area (Å²) in [7, 11) is 0. The van der Waals surface area contributed by atoms with E-state index in [-0.39, 0.29) is 6.71 Å². The maximum Gasteiger partial charge on any atom is 0.257 e. The summed E-state index contributed by atoms with van der Waals surface area (Å²) in [5, 5.41) is 2.44. The Morgan fingerprint density at radius 2 is 1.29 bits per heavy atom. The Balaban J connectivity index is 1.29. The van der Waals surface area contributed by atoms with Gasteiger partial charge in [-0.2, -0.15) is 0 Å². The number of hydrogen-bond acceptors (Lipinski definition) is 3. The predicted molar refractivity (Wildman–Crippen MR) is 215 cm³/mol. The molecule has 0 bridgehead atoms. The van der Waals surface area contributed by atoms with Gasteiger partial charge in [0.1, 0.15) is 11.5 Å². The molecule has 1 atom stereocenters. The lowest BCUT2D eigenvalue weighted by molar-refractivity contribution is 0.486. The first kappa shape index (κ1) is 29.6. The van der Waals surface area contributed by atoms with Crippen molar-refractivity contribution >= 4 is 68.0 Å². The van der Waals surface area contributed by atoms with Crippen LogP contribution in [0.25, 0.3) is 10.8 Å². The van der Waals surface area contributed by atoms with Crippen molar-refractivity contribution in [2.24, 2.45) is 0 Å². The van der Waals surface area contributed by atoms with E-state index in [1.54, 1.807) is 0 Å². The zero-order chi connectivity index (χ0) is 33.9. The maximum absolute atomic E-state index is 6.95. The minimum absolute atomic E-state index is 0.00833. The van der Waals surface area contributed by atoms with Crippen LogP contribution < -0.4 is 30.9 Å². The Labute approximate surface area is 299 Å². The number of rotatable bonds is 5. The van der Waals surface area contributed by atoms with Crippen molar-refractivity contribution in [1.29, 1.82) is 0 Å². The molecule has 242 valence electrons. The van der Waals surface area contributed by atoms with E-state index in [1.807, 2.05) is 0 Å². The fourth-order valence-electron chi connectivity index (χ4n) is 8.42. The van der Waals surface area contributed by atoms with Gasteiger partial charge >= 0.3 is 0 Å². The van der Waals surface area contributed by atoms with Crippen LogP contribution in [0.1, 0.15) is 23.5 Å². The summed E-state index contributed by atoms with van der Waals surface area (Å²) in [6, 6.07) is 55.1. The molecule has 7 aromatic carbocycles. The van der Waals surface area contributed by atoms with Gasteiger partial charge in [-0.25, -0.2) is 0 Å². The lowest BCUT2D eigenvalue weighted by Gasteiger charge is -2.42. The third-order valence-electron chi connectivity index (χ3n) is 10.6. The van der Waals surface area contributed by atoms with E-state index in [1.165, 1.54) is 44.0 Å². The Morgan fingerprint density at radius 1 is 0.627 bits per heavy atom. The summed E-state index contributed by atoms with van der Waals surface area (Å²) in [6.45, 7) is 2.17. The molecule has 7 aromatic rings. The molecule has 0 fully saturated rings. The van der Waals surface area contributed by atoms with Crippen molar-refractivity contribution in [3.8, 4) is 11.5 Å². The average molecular weight is 655 g/mol. The van der Waals surface area contributed by atoms with Crippen LogP contribution >= 0.6 is 0 Å². The van der Waals surface area contributed by atoms with E-state index in [9.17, 15) is 0 Å². The van der Waals surface area contributed by atoms with Gasteiger partial charge in [-0.15, -0.1) is 0 Å².